The smallest absolute Gasteiger partial charge is 0.322 e. The third-order valence-corrected chi connectivity index (χ3v) is 8.35. The first-order chi connectivity index (χ1) is 20.4. The number of benzene rings is 4. The van der Waals surface area contributed by atoms with Crippen molar-refractivity contribution in [3.63, 3.8) is 0 Å². The average molecular weight is 572 g/mol. The SMILES string of the molecule is CSc1ccc2ncccc2c1NC(=O)N(Cc1ccc(C)cc1)Cc1oc2ccc(C)cc2c1-c1ccc(C)cc1. The highest BCUT2D eigenvalue weighted by atomic mass is 32.2. The molecular weight excluding hydrogens is 538 g/mol. The number of pyridine rings is 1. The summed E-state index contributed by atoms with van der Waals surface area (Å²) in [6, 6.07) is 30.7. The lowest BCUT2D eigenvalue weighted by molar-refractivity contribution is 0.202. The Kier molecular flexibility index (Phi) is 7.72. The summed E-state index contributed by atoms with van der Waals surface area (Å²) in [6.07, 6.45) is 3.79. The van der Waals surface area contributed by atoms with Gasteiger partial charge in [0, 0.05) is 34.0 Å². The van der Waals surface area contributed by atoms with Gasteiger partial charge in [0.1, 0.15) is 11.3 Å². The Labute approximate surface area is 250 Å². The summed E-state index contributed by atoms with van der Waals surface area (Å²) in [6.45, 7) is 6.96. The summed E-state index contributed by atoms with van der Waals surface area (Å²) < 4.78 is 6.51. The summed E-state index contributed by atoms with van der Waals surface area (Å²) in [7, 11) is 0. The average Bonchev–Trinajstić information content (AvgIpc) is 3.35. The zero-order chi connectivity index (χ0) is 29.2. The van der Waals surface area contributed by atoms with Gasteiger partial charge >= 0.3 is 6.03 Å². The van der Waals surface area contributed by atoms with Crippen molar-refractivity contribution < 1.29 is 9.21 Å². The van der Waals surface area contributed by atoms with Gasteiger partial charge in [-0.3, -0.25) is 4.98 Å². The lowest BCUT2D eigenvalue weighted by Crippen LogP contribution is -2.34. The lowest BCUT2D eigenvalue weighted by Gasteiger charge is -2.24. The fraction of sp³-hybridized carbons (Fsp3) is 0.167. The van der Waals surface area contributed by atoms with Gasteiger partial charge in [-0.05, 0) is 74.6 Å². The minimum absolute atomic E-state index is 0.200. The normalized spacial score (nSPS) is 11.2. The fourth-order valence-corrected chi connectivity index (χ4v) is 5.88. The van der Waals surface area contributed by atoms with E-state index in [9.17, 15) is 4.79 Å². The maximum Gasteiger partial charge on any atom is 0.322 e. The van der Waals surface area contributed by atoms with Crippen molar-refractivity contribution in [2.24, 2.45) is 0 Å². The number of rotatable bonds is 7. The Morgan fingerprint density at radius 1 is 0.833 bits per heavy atom. The molecule has 0 atom stereocenters. The second-order valence-electron chi connectivity index (χ2n) is 10.8. The quantitative estimate of drug-likeness (QED) is 0.194. The number of urea groups is 1. The highest BCUT2D eigenvalue weighted by Gasteiger charge is 2.23. The van der Waals surface area contributed by atoms with Gasteiger partial charge in [-0.15, -0.1) is 11.8 Å². The summed E-state index contributed by atoms with van der Waals surface area (Å²) in [5.41, 5.74) is 9.09. The molecule has 0 saturated carbocycles. The zero-order valence-corrected chi connectivity index (χ0v) is 25.1. The number of furan rings is 1. The number of anilines is 1. The van der Waals surface area contributed by atoms with Gasteiger partial charge in [0.05, 0.1) is 17.7 Å². The van der Waals surface area contributed by atoms with E-state index in [1.54, 1.807) is 18.0 Å². The van der Waals surface area contributed by atoms with E-state index in [-0.39, 0.29) is 6.03 Å². The maximum absolute atomic E-state index is 14.2. The Bertz CT molecular complexity index is 1890. The Balaban J connectivity index is 1.43. The Morgan fingerprint density at radius 2 is 1.55 bits per heavy atom. The molecule has 0 radical (unpaired) electrons. The van der Waals surface area contributed by atoms with Crippen LogP contribution in [0, 0.1) is 20.8 Å². The number of carbonyl (C=O) groups excluding carboxylic acids is 1. The third kappa shape index (κ3) is 5.63. The number of aryl methyl sites for hydroxylation is 3. The molecule has 1 N–H and O–H groups in total. The number of hydrogen-bond donors (Lipinski definition) is 1. The fourth-order valence-electron chi connectivity index (χ4n) is 5.31. The standard InChI is InChI=1S/C36H33N3O2S/c1-23-7-12-26(13-8-23)21-39(36(40)38-35-28-6-5-19-37-30(28)16-18-33(35)42-4)22-32-34(27-14-9-24(2)10-15-27)29-20-25(3)11-17-31(29)41-32/h5-20H,21-22H2,1-4H3,(H,38,40). The molecule has 2 heterocycles. The van der Waals surface area contributed by atoms with Crippen LogP contribution in [-0.4, -0.2) is 22.2 Å². The van der Waals surface area contributed by atoms with Crippen molar-refractivity contribution >= 4 is 45.4 Å². The van der Waals surface area contributed by atoms with Gasteiger partial charge in [0.15, 0.2) is 0 Å². The first kappa shape index (κ1) is 27.6. The van der Waals surface area contributed by atoms with E-state index in [0.717, 1.165) is 60.5 Å². The summed E-state index contributed by atoms with van der Waals surface area (Å²) in [5.74, 6) is 0.756. The molecule has 0 aliphatic carbocycles. The highest BCUT2D eigenvalue weighted by Crippen LogP contribution is 2.37. The molecule has 2 amide bonds. The maximum atomic E-state index is 14.2. The van der Waals surface area contributed by atoms with Crippen LogP contribution in [0.4, 0.5) is 10.5 Å². The van der Waals surface area contributed by atoms with E-state index >= 15 is 0 Å². The molecule has 0 bridgehead atoms. The van der Waals surface area contributed by atoms with Gasteiger partial charge < -0.3 is 14.6 Å². The van der Waals surface area contributed by atoms with Gasteiger partial charge in [-0.2, -0.15) is 0 Å². The number of carbonyl (C=O) groups is 1. The largest absolute Gasteiger partial charge is 0.459 e. The van der Waals surface area contributed by atoms with Crippen LogP contribution in [0.15, 0.2) is 107 Å². The molecule has 6 heteroatoms. The zero-order valence-electron chi connectivity index (χ0n) is 24.3. The predicted molar refractivity (Wildman–Crippen MR) is 174 cm³/mol. The van der Waals surface area contributed by atoms with Crippen molar-refractivity contribution in [3.8, 4) is 11.1 Å². The van der Waals surface area contributed by atoms with E-state index in [0.29, 0.717) is 13.1 Å². The monoisotopic (exact) mass is 571 g/mol. The van der Waals surface area contributed by atoms with Crippen LogP contribution in [0.25, 0.3) is 33.0 Å². The number of amides is 2. The summed E-state index contributed by atoms with van der Waals surface area (Å²) >= 11 is 1.60. The van der Waals surface area contributed by atoms with Crippen LogP contribution < -0.4 is 5.32 Å². The van der Waals surface area contributed by atoms with E-state index in [1.807, 2.05) is 41.5 Å². The molecule has 5 nitrogen and oxygen atoms in total. The second-order valence-corrected chi connectivity index (χ2v) is 11.6. The number of aromatic nitrogens is 1. The molecule has 210 valence electrons. The van der Waals surface area contributed by atoms with Crippen LogP contribution in [-0.2, 0) is 13.1 Å². The number of fused-ring (bicyclic) bond motifs is 2. The molecule has 0 unspecified atom stereocenters. The number of hydrogen-bond acceptors (Lipinski definition) is 4. The van der Waals surface area contributed by atoms with E-state index < -0.39 is 0 Å². The third-order valence-electron chi connectivity index (χ3n) is 7.57. The highest BCUT2D eigenvalue weighted by molar-refractivity contribution is 7.98. The van der Waals surface area contributed by atoms with Crippen molar-refractivity contribution in [2.75, 3.05) is 11.6 Å². The van der Waals surface area contributed by atoms with Crippen LogP contribution in [0.5, 0.6) is 0 Å². The molecule has 42 heavy (non-hydrogen) atoms. The van der Waals surface area contributed by atoms with Crippen LogP contribution >= 0.6 is 11.8 Å². The minimum atomic E-state index is -0.200. The molecule has 4 aromatic carbocycles. The second kappa shape index (κ2) is 11.7. The van der Waals surface area contributed by atoms with Gasteiger partial charge in [-0.1, -0.05) is 71.3 Å². The van der Waals surface area contributed by atoms with Gasteiger partial charge in [0.2, 0.25) is 0 Å². The lowest BCUT2D eigenvalue weighted by atomic mass is 9.99. The molecule has 0 spiro atoms. The Morgan fingerprint density at radius 3 is 2.29 bits per heavy atom. The van der Waals surface area contributed by atoms with Crippen LogP contribution in [0.3, 0.4) is 0 Å². The number of thioether (sulfide) groups is 1. The van der Waals surface area contributed by atoms with Crippen molar-refractivity contribution in [2.45, 2.75) is 38.8 Å². The molecule has 0 aliphatic heterocycles. The minimum Gasteiger partial charge on any atom is -0.459 e. The van der Waals surface area contributed by atoms with Crippen molar-refractivity contribution in [1.29, 1.82) is 0 Å². The van der Waals surface area contributed by atoms with E-state index in [4.69, 9.17) is 4.42 Å². The summed E-state index contributed by atoms with van der Waals surface area (Å²) in [4.78, 5) is 21.5. The molecular formula is C36H33N3O2S. The number of nitrogens with zero attached hydrogens (tertiary/aromatic N) is 2. The molecule has 6 aromatic rings. The molecule has 0 aliphatic rings. The molecule has 0 saturated heterocycles. The molecule has 0 fully saturated rings. The first-order valence-electron chi connectivity index (χ1n) is 14.0. The molecule has 6 rings (SSSR count). The predicted octanol–water partition coefficient (Wildman–Crippen LogP) is 9.53. The van der Waals surface area contributed by atoms with Gasteiger partial charge in [-0.25, -0.2) is 4.79 Å². The topological polar surface area (TPSA) is 58.4 Å². The summed E-state index contributed by atoms with van der Waals surface area (Å²) in [5, 5.41) is 5.21. The Hall–Kier alpha value is -4.55. The van der Waals surface area contributed by atoms with Crippen LogP contribution in [0.2, 0.25) is 0 Å². The van der Waals surface area contributed by atoms with Crippen molar-refractivity contribution in [1.82, 2.24) is 9.88 Å². The van der Waals surface area contributed by atoms with Gasteiger partial charge in [0.25, 0.3) is 0 Å². The van der Waals surface area contributed by atoms with E-state index in [1.165, 1.54) is 11.1 Å². The first-order valence-corrected chi connectivity index (χ1v) is 15.2. The van der Waals surface area contributed by atoms with Crippen LogP contribution in [0.1, 0.15) is 28.0 Å². The van der Waals surface area contributed by atoms with Crippen molar-refractivity contribution in [3.05, 3.63) is 125 Å². The molecule has 2 aromatic heterocycles. The van der Waals surface area contributed by atoms with E-state index in [2.05, 4.69) is 91.7 Å². The number of nitrogens with one attached hydrogen (secondary N) is 1.